The molecule has 24 heavy (non-hydrogen) atoms. The molecule has 0 spiro atoms. The quantitative estimate of drug-likeness (QED) is 0.854. The van der Waals surface area contributed by atoms with Crippen LogP contribution >= 0.6 is 0 Å². The maximum absolute atomic E-state index is 13.0. The summed E-state index contributed by atoms with van der Waals surface area (Å²) in [6.07, 6.45) is 0. The minimum atomic E-state index is -0.966. The molecule has 2 aromatic carbocycles. The Hall–Kier alpha value is -2.76. The van der Waals surface area contributed by atoms with E-state index in [4.69, 9.17) is 4.74 Å². The van der Waals surface area contributed by atoms with Gasteiger partial charge in [-0.2, -0.15) is 0 Å². The highest BCUT2D eigenvalue weighted by molar-refractivity contribution is 5.91. The normalized spacial score (nSPS) is 11.7. The van der Waals surface area contributed by atoms with E-state index < -0.39 is 30.1 Å². The molecule has 1 atom stereocenters. The zero-order valence-electron chi connectivity index (χ0n) is 13.3. The van der Waals surface area contributed by atoms with Crippen LogP contribution in [0.5, 0.6) is 0 Å². The first-order valence-electron chi connectivity index (χ1n) is 7.34. The van der Waals surface area contributed by atoms with Gasteiger partial charge in [-0.1, -0.05) is 29.8 Å². The number of aryl methyl sites for hydroxylation is 1. The number of halogens is 2. The molecule has 2 rings (SSSR count). The van der Waals surface area contributed by atoms with Crippen molar-refractivity contribution < 1.29 is 23.1 Å². The highest BCUT2D eigenvalue weighted by Gasteiger charge is 2.14. The lowest BCUT2D eigenvalue weighted by Crippen LogP contribution is -2.31. The number of esters is 1. The topological polar surface area (TPSA) is 55.4 Å². The van der Waals surface area contributed by atoms with E-state index in [0.717, 1.165) is 23.3 Å². The molecule has 0 aliphatic heterocycles. The van der Waals surface area contributed by atoms with Crippen LogP contribution in [0.15, 0.2) is 42.5 Å². The average Bonchev–Trinajstić information content (AvgIpc) is 2.52. The first-order valence-corrected chi connectivity index (χ1v) is 7.34. The summed E-state index contributed by atoms with van der Waals surface area (Å²) in [4.78, 5) is 23.5. The minimum absolute atomic E-state index is 0.261. The van der Waals surface area contributed by atoms with Crippen LogP contribution in [0.4, 0.5) is 8.78 Å². The molecule has 1 amide bonds. The van der Waals surface area contributed by atoms with Crippen molar-refractivity contribution >= 4 is 11.9 Å². The molecule has 0 saturated heterocycles. The van der Waals surface area contributed by atoms with Gasteiger partial charge in [-0.05, 0) is 31.5 Å². The number of ether oxygens (including phenoxy) is 1. The van der Waals surface area contributed by atoms with Crippen LogP contribution in [0, 0.1) is 18.6 Å². The van der Waals surface area contributed by atoms with E-state index in [1.54, 1.807) is 6.92 Å². The highest BCUT2D eigenvalue weighted by Crippen LogP contribution is 2.13. The Labute approximate surface area is 138 Å². The van der Waals surface area contributed by atoms with Gasteiger partial charge in [0.15, 0.2) is 6.61 Å². The van der Waals surface area contributed by atoms with E-state index in [1.807, 2.05) is 31.2 Å². The zero-order chi connectivity index (χ0) is 17.7. The van der Waals surface area contributed by atoms with Gasteiger partial charge >= 0.3 is 5.97 Å². The number of carbonyl (C=O) groups excluding carboxylic acids is 2. The Morgan fingerprint density at radius 2 is 1.67 bits per heavy atom. The molecule has 0 radical (unpaired) electrons. The molecule has 0 aliphatic carbocycles. The van der Waals surface area contributed by atoms with Gasteiger partial charge in [0.1, 0.15) is 11.6 Å². The zero-order valence-corrected chi connectivity index (χ0v) is 13.3. The van der Waals surface area contributed by atoms with Gasteiger partial charge < -0.3 is 10.1 Å². The third-order valence-electron chi connectivity index (χ3n) is 3.39. The van der Waals surface area contributed by atoms with Crippen molar-refractivity contribution in [3.05, 3.63) is 70.8 Å². The molecule has 0 heterocycles. The minimum Gasteiger partial charge on any atom is -0.452 e. The van der Waals surface area contributed by atoms with E-state index in [2.05, 4.69) is 5.32 Å². The Balaban J connectivity index is 1.88. The Morgan fingerprint density at radius 1 is 1.08 bits per heavy atom. The highest BCUT2D eigenvalue weighted by atomic mass is 19.1. The van der Waals surface area contributed by atoms with Crippen LogP contribution in [0.2, 0.25) is 0 Å². The maximum atomic E-state index is 13.0. The van der Waals surface area contributed by atoms with Gasteiger partial charge in [0.25, 0.3) is 5.91 Å². The summed E-state index contributed by atoms with van der Waals surface area (Å²) in [5, 5.41) is 2.68. The summed E-state index contributed by atoms with van der Waals surface area (Å²) < 4.78 is 30.9. The molecule has 2 aromatic rings. The predicted octanol–water partition coefficient (Wildman–Crippen LogP) is 3.31. The first-order chi connectivity index (χ1) is 11.3. The number of amides is 1. The summed E-state index contributed by atoms with van der Waals surface area (Å²) in [6.45, 7) is 3.22. The Bertz CT molecular complexity index is 724. The van der Waals surface area contributed by atoms with Gasteiger partial charge in [0.05, 0.1) is 11.6 Å². The standard InChI is InChI=1S/C18H17F2NO3/c1-11-3-5-13(6-4-11)12(2)21-17(22)10-24-18(23)14-7-15(19)9-16(20)8-14/h3-9,12H,10H2,1-2H3,(H,21,22)/t12-/m1/s1. The predicted molar refractivity (Wildman–Crippen MR) is 84.4 cm³/mol. The smallest absolute Gasteiger partial charge is 0.338 e. The van der Waals surface area contributed by atoms with Crippen molar-refractivity contribution in [1.82, 2.24) is 5.32 Å². The monoisotopic (exact) mass is 333 g/mol. The summed E-state index contributed by atoms with van der Waals surface area (Å²) in [5.74, 6) is -3.25. The van der Waals surface area contributed by atoms with E-state index >= 15 is 0 Å². The molecule has 1 N–H and O–H groups in total. The van der Waals surface area contributed by atoms with Crippen LogP contribution in [0.1, 0.15) is 34.5 Å². The number of rotatable bonds is 5. The Kier molecular flexibility index (Phi) is 5.63. The van der Waals surface area contributed by atoms with E-state index in [9.17, 15) is 18.4 Å². The van der Waals surface area contributed by atoms with Crippen LogP contribution in [-0.4, -0.2) is 18.5 Å². The molecule has 126 valence electrons. The second-order valence-electron chi connectivity index (χ2n) is 5.43. The second-order valence-corrected chi connectivity index (χ2v) is 5.43. The van der Waals surface area contributed by atoms with E-state index in [1.165, 1.54) is 0 Å². The van der Waals surface area contributed by atoms with Crippen molar-refractivity contribution in [3.8, 4) is 0 Å². The molecular weight excluding hydrogens is 316 g/mol. The van der Waals surface area contributed by atoms with Crippen LogP contribution in [0.3, 0.4) is 0 Å². The molecular formula is C18H17F2NO3. The maximum Gasteiger partial charge on any atom is 0.338 e. The van der Waals surface area contributed by atoms with Crippen molar-refractivity contribution in [3.63, 3.8) is 0 Å². The first kappa shape index (κ1) is 17.6. The van der Waals surface area contributed by atoms with Crippen molar-refractivity contribution in [2.75, 3.05) is 6.61 Å². The summed E-state index contributed by atoms with van der Waals surface area (Å²) in [6, 6.07) is 9.71. The molecule has 6 heteroatoms. The van der Waals surface area contributed by atoms with Gasteiger partial charge in [-0.3, -0.25) is 4.79 Å². The third-order valence-corrected chi connectivity index (χ3v) is 3.39. The average molecular weight is 333 g/mol. The van der Waals surface area contributed by atoms with Crippen molar-refractivity contribution in [2.24, 2.45) is 0 Å². The lowest BCUT2D eigenvalue weighted by atomic mass is 10.1. The number of nitrogens with one attached hydrogen (secondary N) is 1. The second kappa shape index (κ2) is 7.68. The van der Waals surface area contributed by atoms with Crippen LogP contribution in [-0.2, 0) is 9.53 Å². The SMILES string of the molecule is Cc1ccc([C@@H](C)NC(=O)COC(=O)c2cc(F)cc(F)c2)cc1. The van der Waals surface area contributed by atoms with E-state index in [-0.39, 0.29) is 11.6 Å². The number of carbonyl (C=O) groups is 2. The van der Waals surface area contributed by atoms with E-state index in [0.29, 0.717) is 6.07 Å². The fourth-order valence-corrected chi connectivity index (χ4v) is 2.11. The van der Waals surface area contributed by atoms with Crippen LogP contribution < -0.4 is 5.32 Å². The molecule has 0 unspecified atom stereocenters. The van der Waals surface area contributed by atoms with Crippen molar-refractivity contribution in [2.45, 2.75) is 19.9 Å². The molecule has 0 saturated carbocycles. The fourth-order valence-electron chi connectivity index (χ4n) is 2.11. The Morgan fingerprint density at radius 3 is 2.25 bits per heavy atom. The van der Waals surface area contributed by atoms with Gasteiger partial charge in [-0.15, -0.1) is 0 Å². The summed E-state index contributed by atoms with van der Waals surface area (Å²) >= 11 is 0. The third kappa shape index (κ3) is 4.87. The number of hydrogen-bond donors (Lipinski definition) is 1. The van der Waals surface area contributed by atoms with Crippen molar-refractivity contribution in [1.29, 1.82) is 0 Å². The fraction of sp³-hybridized carbons (Fsp3) is 0.222. The molecule has 0 fully saturated rings. The summed E-state index contributed by atoms with van der Waals surface area (Å²) in [5.41, 5.74) is 1.73. The van der Waals surface area contributed by atoms with Gasteiger partial charge in [0.2, 0.25) is 0 Å². The summed E-state index contributed by atoms with van der Waals surface area (Å²) in [7, 11) is 0. The van der Waals surface area contributed by atoms with Gasteiger partial charge in [-0.25, -0.2) is 13.6 Å². The number of hydrogen-bond acceptors (Lipinski definition) is 3. The van der Waals surface area contributed by atoms with Gasteiger partial charge in [0, 0.05) is 6.07 Å². The largest absolute Gasteiger partial charge is 0.452 e. The number of benzene rings is 2. The van der Waals surface area contributed by atoms with Crippen LogP contribution in [0.25, 0.3) is 0 Å². The molecule has 4 nitrogen and oxygen atoms in total. The molecule has 0 aliphatic rings. The lowest BCUT2D eigenvalue weighted by molar-refractivity contribution is -0.124. The lowest BCUT2D eigenvalue weighted by Gasteiger charge is -2.14. The molecule has 0 bridgehead atoms. The molecule has 0 aromatic heterocycles.